The number of hydrogen-bond donors (Lipinski definition) is 2. The van der Waals surface area contributed by atoms with Gasteiger partial charge in [0.2, 0.25) is 11.8 Å². The molecule has 1 aromatic rings. The van der Waals surface area contributed by atoms with Crippen LogP contribution in [0.25, 0.3) is 0 Å². The molecule has 0 aliphatic carbocycles. The minimum absolute atomic E-state index is 0.197. The number of hydrogen-bond acceptors (Lipinski definition) is 4. The van der Waals surface area contributed by atoms with E-state index in [2.05, 4.69) is 10.4 Å². The lowest BCUT2D eigenvalue weighted by molar-refractivity contribution is -0.139. The summed E-state index contributed by atoms with van der Waals surface area (Å²) >= 11 is 0. The van der Waals surface area contributed by atoms with Gasteiger partial charge in [0.15, 0.2) is 0 Å². The van der Waals surface area contributed by atoms with E-state index in [4.69, 9.17) is 5.11 Å². The summed E-state index contributed by atoms with van der Waals surface area (Å²) in [6.45, 7) is 1.01. The molecule has 0 saturated heterocycles. The van der Waals surface area contributed by atoms with Gasteiger partial charge in [-0.05, 0) is 13.0 Å². The lowest BCUT2D eigenvalue weighted by Gasteiger charge is -2.20. The first kappa shape index (κ1) is 14.7. The molecule has 2 amide bonds. The number of rotatable bonds is 6. The minimum atomic E-state index is -1.13. The van der Waals surface area contributed by atoms with Crippen molar-refractivity contribution in [1.29, 1.82) is 0 Å². The van der Waals surface area contributed by atoms with Gasteiger partial charge in [0, 0.05) is 19.4 Å². The third-order valence-electron chi connectivity index (χ3n) is 2.47. The summed E-state index contributed by atoms with van der Waals surface area (Å²) in [4.78, 5) is 34.9. The van der Waals surface area contributed by atoms with E-state index in [0.717, 1.165) is 0 Å². The number of nitrogens with zero attached hydrogens (tertiary/aromatic N) is 3. The molecule has 1 aromatic heterocycles. The van der Waals surface area contributed by atoms with Gasteiger partial charge in [0.05, 0.1) is 6.54 Å². The first-order chi connectivity index (χ1) is 8.91. The molecule has 1 unspecified atom stereocenters. The number of carboxylic acid groups (broad SMARTS) is 1. The second-order valence-electron chi connectivity index (χ2n) is 4.03. The minimum Gasteiger partial charge on any atom is -0.480 e. The zero-order valence-electron chi connectivity index (χ0n) is 10.7. The number of carbonyl (C=O) groups is 3. The van der Waals surface area contributed by atoms with Crippen molar-refractivity contribution in [3.05, 3.63) is 18.5 Å². The Balaban J connectivity index is 2.48. The van der Waals surface area contributed by atoms with Gasteiger partial charge in [0.1, 0.15) is 12.6 Å². The highest BCUT2D eigenvalue weighted by Gasteiger charge is 2.21. The standard InChI is InChI=1S/C11H16N4O4/c1-8(15-5-3-4-13-15)11(19)14(2)7-9(16)12-6-10(17)18/h3-5,8H,6-7H2,1-2H3,(H,12,16)(H,17,18). The predicted molar refractivity (Wildman–Crippen MR) is 65.2 cm³/mol. The largest absolute Gasteiger partial charge is 0.480 e. The molecule has 19 heavy (non-hydrogen) atoms. The summed E-state index contributed by atoms with van der Waals surface area (Å²) in [5.41, 5.74) is 0. The van der Waals surface area contributed by atoms with Gasteiger partial charge in [-0.1, -0.05) is 0 Å². The highest BCUT2D eigenvalue weighted by atomic mass is 16.4. The van der Waals surface area contributed by atoms with Gasteiger partial charge >= 0.3 is 5.97 Å². The van der Waals surface area contributed by atoms with Crippen LogP contribution in [0.5, 0.6) is 0 Å². The Bertz CT molecular complexity index is 457. The fourth-order valence-electron chi connectivity index (χ4n) is 1.47. The lowest BCUT2D eigenvalue weighted by atomic mass is 10.3. The zero-order valence-corrected chi connectivity index (χ0v) is 10.7. The summed E-state index contributed by atoms with van der Waals surface area (Å²) in [5.74, 6) is -1.94. The number of amides is 2. The Kier molecular flexibility index (Phi) is 5.04. The molecular weight excluding hydrogens is 252 g/mol. The van der Waals surface area contributed by atoms with Crippen LogP contribution in [0, 0.1) is 0 Å². The summed E-state index contributed by atoms with van der Waals surface area (Å²) < 4.78 is 1.48. The molecule has 0 aliphatic rings. The molecule has 0 aliphatic heterocycles. The van der Waals surface area contributed by atoms with E-state index in [0.29, 0.717) is 0 Å². The topological polar surface area (TPSA) is 105 Å². The molecule has 0 saturated carbocycles. The summed E-state index contributed by atoms with van der Waals surface area (Å²) in [6.07, 6.45) is 3.21. The average molecular weight is 268 g/mol. The highest BCUT2D eigenvalue weighted by Crippen LogP contribution is 2.06. The van der Waals surface area contributed by atoms with E-state index in [-0.39, 0.29) is 12.5 Å². The van der Waals surface area contributed by atoms with E-state index < -0.39 is 24.5 Å². The van der Waals surface area contributed by atoms with Gasteiger partial charge in [-0.25, -0.2) is 0 Å². The van der Waals surface area contributed by atoms with Crippen molar-refractivity contribution in [2.45, 2.75) is 13.0 Å². The third kappa shape index (κ3) is 4.41. The maximum Gasteiger partial charge on any atom is 0.322 e. The number of nitrogens with one attached hydrogen (secondary N) is 1. The molecule has 0 radical (unpaired) electrons. The van der Waals surface area contributed by atoms with Crippen LogP contribution in [0.4, 0.5) is 0 Å². The van der Waals surface area contributed by atoms with Crippen molar-refractivity contribution in [3.63, 3.8) is 0 Å². The van der Waals surface area contributed by atoms with Gasteiger partial charge in [-0.2, -0.15) is 5.10 Å². The van der Waals surface area contributed by atoms with Crippen LogP contribution in [0.15, 0.2) is 18.5 Å². The number of aromatic nitrogens is 2. The Labute approximate surface area is 110 Å². The van der Waals surface area contributed by atoms with Crippen molar-refractivity contribution in [1.82, 2.24) is 20.0 Å². The van der Waals surface area contributed by atoms with Crippen LogP contribution in [-0.4, -0.2) is 57.7 Å². The van der Waals surface area contributed by atoms with Crippen LogP contribution in [-0.2, 0) is 14.4 Å². The average Bonchev–Trinajstić information content (AvgIpc) is 2.88. The van der Waals surface area contributed by atoms with Gasteiger partial charge < -0.3 is 15.3 Å². The molecule has 1 heterocycles. The Hall–Kier alpha value is -2.38. The molecule has 1 rings (SSSR count). The normalized spacial score (nSPS) is 11.7. The molecule has 8 heteroatoms. The fraction of sp³-hybridized carbons (Fsp3) is 0.455. The van der Waals surface area contributed by atoms with Crippen LogP contribution in [0.3, 0.4) is 0 Å². The first-order valence-corrected chi connectivity index (χ1v) is 5.64. The smallest absolute Gasteiger partial charge is 0.322 e. The van der Waals surface area contributed by atoms with Crippen molar-refractivity contribution in [3.8, 4) is 0 Å². The van der Waals surface area contributed by atoms with Gasteiger partial charge in [-0.3, -0.25) is 19.1 Å². The van der Waals surface area contributed by atoms with Crippen LogP contribution >= 0.6 is 0 Å². The zero-order chi connectivity index (χ0) is 14.4. The number of aliphatic carboxylic acids is 1. The van der Waals surface area contributed by atoms with E-state index >= 15 is 0 Å². The molecule has 0 fully saturated rings. The fourth-order valence-corrected chi connectivity index (χ4v) is 1.47. The molecular formula is C11H16N4O4. The summed E-state index contributed by atoms with van der Waals surface area (Å²) in [6, 6.07) is 1.18. The van der Waals surface area contributed by atoms with E-state index in [1.165, 1.54) is 16.6 Å². The number of carbonyl (C=O) groups excluding carboxylic acids is 2. The maximum absolute atomic E-state index is 12.0. The first-order valence-electron chi connectivity index (χ1n) is 5.64. The Morgan fingerprint density at radius 2 is 2.16 bits per heavy atom. The predicted octanol–water partition coefficient (Wildman–Crippen LogP) is -0.897. The van der Waals surface area contributed by atoms with Crippen molar-refractivity contribution in [2.24, 2.45) is 0 Å². The van der Waals surface area contributed by atoms with Gasteiger partial charge in [0.25, 0.3) is 0 Å². The highest BCUT2D eigenvalue weighted by molar-refractivity contribution is 5.87. The quantitative estimate of drug-likeness (QED) is 0.696. The van der Waals surface area contributed by atoms with E-state index in [9.17, 15) is 14.4 Å². The molecule has 0 aromatic carbocycles. The second kappa shape index (κ2) is 6.53. The molecule has 0 spiro atoms. The molecule has 2 N–H and O–H groups in total. The van der Waals surface area contributed by atoms with Crippen molar-refractivity contribution >= 4 is 17.8 Å². The maximum atomic E-state index is 12.0. The molecule has 0 bridgehead atoms. The van der Waals surface area contributed by atoms with E-state index in [1.54, 1.807) is 25.4 Å². The number of likely N-dealkylation sites (N-methyl/N-ethyl adjacent to an activating group) is 1. The van der Waals surface area contributed by atoms with E-state index in [1.807, 2.05) is 0 Å². The van der Waals surface area contributed by atoms with Crippen molar-refractivity contribution in [2.75, 3.05) is 20.1 Å². The molecule has 104 valence electrons. The van der Waals surface area contributed by atoms with Gasteiger partial charge in [-0.15, -0.1) is 0 Å². The second-order valence-corrected chi connectivity index (χ2v) is 4.03. The Morgan fingerprint density at radius 3 is 2.68 bits per heavy atom. The lowest BCUT2D eigenvalue weighted by Crippen LogP contribution is -2.42. The third-order valence-corrected chi connectivity index (χ3v) is 2.47. The number of carboxylic acids is 1. The SMILES string of the molecule is CC(C(=O)N(C)CC(=O)NCC(=O)O)n1cccn1. The van der Waals surface area contributed by atoms with Crippen molar-refractivity contribution < 1.29 is 19.5 Å². The summed E-state index contributed by atoms with van der Waals surface area (Å²) in [7, 11) is 1.47. The van der Waals surface area contributed by atoms with Crippen LogP contribution in [0.2, 0.25) is 0 Å². The van der Waals surface area contributed by atoms with Crippen LogP contribution in [0.1, 0.15) is 13.0 Å². The Morgan fingerprint density at radius 1 is 1.47 bits per heavy atom. The molecule has 1 atom stereocenters. The van der Waals surface area contributed by atoms with Crippen LogP contribution < -0.4 is 5.32 Å². The summed E-state index contributed by atoms with van der Waals surface area (Å²) in [5, 5.41) is 14.5. The monoisotopic (exact) mass is 268 g/mol. The molecule has 8 nitrogen and oxygen atoms in total.